The summed E-state index contributed by atoms with van der Waals surface area (Å²) in [6.07, 6.45) is 9.85. The highest BCUT2D eigenvalue weighted by Gasteiger charge is 2.20. The molecule has 1 atom stereocenters. The molecular formula is C54H38N2OS. The molecule has 0 spiro atoms. The Morgan fingerprint density at radius 3 is 1.79 bits per heavy atom. The molecule has 0 saturated heterocycles. The second kappa shape index (κ2) is 14.4. The van der Waals surface area contributed by atoms with Crippen molar-refractivity contribution < 1.29 is 4.42 Å². The van der Waals surface area contributed by atoms with Gasteiger partial charge in [0, 0.05) is 77.1 Å². The molecule has 276 valence electrons. The number of hydrogen-bond acceptors (Lipinski definition) is 4. The first-order valence-corrected chi connectivity index (χ1v) is 20.7. The van der Waals surface area contributed by atoms with Gasteiger partial charge in [-0.05, 0) is 114 Å². The highest BCUT2D eigenvalue weighted by Crippen LogP contribution is 2.45. The fraction of sp³-hybridized carbons (Fsp3) is 0.0370. The van der Waals surface area contributed by atoms with Crippen molar-refractivity contribution in [1.82, 2.24) is 0 Å². The minimum absolute atomic E-state index is 0.409. The van der Waals surface area contributed by atoms with Gasteiger partial charge in [0.05, 0.1) is 0 Å². The van der Waals surface area contributed by atoms with Gasteiger partial charge in [0.1, 0.15) is 11.2 Å². The maximum Gasteiger partial charge on any atom is 0.137 e. The Labute approximate surface area is 341 Å². The van der Waals surface area contributed by atoms with Gasteiger partial charge in [-0.3, -0.25) is 0 Å². The Morgan fingerprint density at radius 2 is 1.07 bits per heavy atom. The topological polar surface area (TPSA) is 19.6 Å². The van der Waals surface area contributed by atoms with E-state index in [2.05, 4.69) is 222 Å². The summed E-state index contributed by atoms with van der Waals surface area (Å²) in [5, 5.41) is 4.73. The Bertz CT molecular complexity index is 3140. The van der Waals surface area contributed by atoms with Crippen LogP contribution in [-0.4, -0.2) is 0 Å². The van der Waals surface area contributed by atoms with Gasteiger partial charge in [0.25, 0.3) is 0 Å². The lowest BCUT2D eigenvalue weighted by molar-refractivity contribution is 0.669. The fourth-order valence-electron chi connectivity index (χ4n) is 8.59. The Balaban J connectivity index is 1.01. The first-order valence-electron chi connectivity index (χ1n) is 19.9. The van der Waals surface area contributed by atoms with Crippen molar-refractivity contribution in [2.75, 3.05) is 9.80 Å². The summed E-state index contributed by atoms with van der Waals surface area (Å²) in [4.78, 5) is 4.67. The van der Waals surface area contributed by atoms with Crippen LogP contribution in [0.2, 0.25) is 0 Å². The van der Waals surface area contributed by atoms with Crippen LogP contribution in [-0.2, 0) is 0 Å². The van der Waals surface area contributed by atoms with Crippen molar-refractivity contribution in [3.8, 4) is 11.1 Å². The Kier molecular flexibility index (Phi) is 8.49. The molecule has 0 bridgehead atoms. The molecule has 10 aromatic rings. The van der Waals surface area contributed by atoms with E-state index in [-0.39, 0.29) is 0 Å². The number of allylic oxidation sites excluding steroid dienone is 4. The molecule has 1 aliphatic carbocycles. The summed E-state index contributed by atoms with van der Waals surface area (Å²) in [6, 6.07) is 67.7. The normalized spacial score (nSPS) is 13.8. The van der Waals surface area contributed by atoms with E-state index in [4.69, 9.17) is 4.42 Å². The summed E-state index contributed by atoms with van der Waals surface area (Å²) in [5.41, 5.74) is 12.0. The molecule has 1 aliphatic rings. The number of rotatable bonds is 8. The second-order valence-electron chi connectivity index (χ2n) is 14.9. The van der Waals surface area contributed by atoms with Crippen molar-refractivity contribution in [3.63, 3.8) is 0 Å². The van der Waals surface area contributed by atoms with Crippen LogP contribution in [0.5, 0.6) is 0 Å². The summed E-state index contributed by atoms with van der Waals surface area (Å²) >= 11 is 1.85. The van der Waals surface area contributed by atoms with E-state index in [9.17, 15) is 0 Å². The minimum Gasteiger partial charge on any atom is -0.456 e. The van der Waals surface area contributed by atoms with Crippen molar-refractivity contribution in [2.24, 2.45) is 0 Å². The molecule has 8 aromatic carbocycles. The van der Waals surface area contributed by atoms with E-state index in [1.165, 1.54) is 36.9 Å². The lowest BCUT2D eigenvalue weighted by Crippen LogP contribution is -2.10. The number of benzene rings is 8. The standard InChI is InChI=1S/C54H38N2OS/c1-5-14-37(15-6-1)38-24-26-42(27-25-38)55(40-18-9-3-10-19-40)43-29-32-50-48(34-43)47-31-28-45(36-51(47)57-50)56(41-20-11-4-12-21-41)44-30-33-52-49(35-44)54-46(22-13-23-53(54)58-52)39-16-7-2-8-17-39/h1-14,16-37H,15H2. The number of fused-ring (bicyclic) bond motifs is 6. The zero-order valence-electron chi connectivity index (χ0n) is 31.7. The molecule has 4 heteroatoms. The van der Waals surface area contributed by atoms with Crippen LogP contribution in [0, 0.1) is 0 Å². The van der Waals surface area contributed by atoms with Gasteiger partial charge < -0.3 is 14.2 Å². The SMILES string of the molecule is C1=CCC(c2ccc(N(c3ccccc3)c3ccc4oc5cc(N(c6ccccc6)c6ccc7sc8cccc(-c9ccccc9)c8c7c6)ccc5c4c3)cc2)C=C1. The molecule has 1 unspecified atom stereocenters. The molecular weight excluding hydrogens is 725 g/mol. The lowest BCUT2D eigenvalue weighted by atomic mass is 9.92. The first-order chi connectivity index (χ1) is 28.7. The zero-order chi connectivity index (χ0) is 38.4. The van der Waals surface area contributed by atoms with E-state index in [1.807, 2.05) is 11.3 Å². The van der Waals surface area contributed by atoms with Crippen LogP contribution >= 0.6 is 11.3 Å². The highest BCUT2D eigenvalue weighted by atomic mass is 32.1. The lowest BCUT2D eigenvalue weighted by Gasteiger charge is -2.26. The van der Waals surface area contributed by atoms with E-state index < -0.39 is 0 Å². The second-order valence-corrected chi connectivity index (χ2v) is 16.0. The Morgan fingerprint density at radius 1 is 0.448 bits per heavy atom. The molecule has 2 aromatic heterocycles. The van der Waals surface area contributed by atoms with Crippen LogP contribution < -0.4 is 9.80 Å². The predicted molar refractivity (Wildman–Crippen MR) is 247 cm³/mol. The molecule has 0 radical (unpaired) electrons. The molecule has 0 aliphatic heterocycles. The van der Waals surface area contributed by atoms with E-state index in [0.29, 0.717) is 5.92 Å². The van der Waals surface area contributed by atoms with E-state index in [1.54, 1.807) is 0 Å². The average Bonchev–Trinajstić information content (AvgIpc) is 3.86. The largest absolute Gasteiger partial charge is 0.456 e. The third-order valence-electron chi connectivity index (χ3n) is 11.4. The molecule has 0 amide bonds. The molecule has 3 nitrogen and oxygen atoms in total. The van der Waals surface area contributed by atoms with Crippen molar-refractivity contribution in [1.29, 1.82) is 0 Å². The van der Waals surface area contributed by atoms with Gasteiger partial charge in [-0.1, -0.05) is 115 Å². The summed E-state index contributed by atoms with van der Waals surface area (Å²) in [6.45, 7) is 0. The van der Waals surface area contributed by atoms with Gasteiger partial charge in [0.15, 0.2) is 0 Å². The average molecular weight is 763 g/mol. The van der Waals surface area contributed by atoms with Crippen LogP contribution in [0.25, 0.3) is 53.2 Å². The van der Waals surface area contributed by atoms with E-state index in [0.717, 1.165) is 62.5 Å². The van der Waals surface area contributed by atoms with Crippen molar-refractivity contribution in [3.05, 3.63) is 218 Å². The number of thiophene rings is 1. The van der Waals surface area contributed by atoms with Crippen LogP contribution in [0.3, 0.4) is 0 Å². The Hall–Kier alpha value is -7.14. The van der Waals surface area contributed by atoms with Gasteiger partial charge in [-0.2, -0.15) is 0 Å². The fourth-order valence-corrected chi connectivity index (χ4v) is 9.70. The smallest absolute Gasteiger partial charge is 0.137 e. The van der Waals surface area contributed by atoms with Gasteiger partial charge >= 0.3 is 0 Å². The number of hydrogen-bond donors (Lipinski definition) is 0. The summed E-state index contributed by atoms with van der Waals surface area (Å²) in [7, 11) is 0. The third-order valence-corrected chi connectivity index (χ3v) is 12.5. The third kappa shape index (κ3) is 6.06. The van der Waals surface area contributed by atoms with Crippen LogP contribution in [0.15, 0.2) is 217 Å². The van der Waals surface area contributed by atoms with E-state index >= 15 is 0 Å². The minimum atomic E-state index is 0.409. The number of anilines is 6. The number of nitrogens with zero attached hydrogens (tertiary/aromatic N) is 2. The number of furan rings is 1. The molecule has 0 fully saturated rings. The maximum atomic E-state index is 6.67. The highest BCUT2D eigenvalue weighted by molar-refractivity contribution is 7.26. The molecule has 11 rings (SSSR count). The zero-order valence-corrected chi connectivity index (χ0v) is 32.5. The predicted octanol–water partition coefficient (Wildman–Crippen LogP) is 16.2. The van der Waals surface area contributed by atoms with Crippen LogP contribution in [0.1, 0.15) is 17.9 Å². The quantitative estimate of drug-likeness (QED) is 0.154. The van der Waals surface area contributed by atoms with Crippen molar-refractivity contribution >= 4 is 87.6 Å². The van der Waals surface area contributed by atoms with Crippen LogP contribution in [0.4, 0.5) is 34.1 Å². The van der Waals surface area contributed by atoms with Gasteiger partial charge in [0.2, 0.25) is 0 Å². The van der Waals surface area contributed by atoms with Gasteiger partial charge in [-0.25, -0.2) is 0 Å². The molecule has 0 N–H and O–H groups in total. The molecule has 0 saturated carbocycles. The van der Waals surface area contributed by atoms with Crippen molar-refractivity contribution in [2.45, 2.75) is 12.3 Å². The first kappa shape index (κ1) is 34.1. The summed E-state index contributed by atoms with van der Waals surface area (Å²) in [5.74, 6) is 0.409. The monoisotopic (exact) mass is 762 g/mol. The molecule has 58 heavy (non-hydrogen) atoms. The maximum absolute atomic E-state index is 6.67. The molecule has 2 heterocycles. The number of para-hydroxylation sites is 2. The summed E-state index contributed by atoms with van der Waals surface area (Å²) < 4.78 is 9.24. The van der Waals surface area contributed by atoms with Gasteiger partial charge in [-0.15, -0.1) is 11.3 Å².